The number of nitrogens with one attached hydrogen (secondary N) is 2. The van der Waals surface area contributed by atoms with Crippen LogP contribution in [0.1, 0.15) is 36.8 Å². The lowest BCUT2D eigenvalue weighted by Gasteiger charge is -2.34. The van der Waals surface area contributed by atoms with Crippen LogP contribution in [0.15, 0.2) is 48.8 Å². The Hall–Kier alpha value is -1.95. The van der Waals surface area contributed by atoms with Crippen LogP contribution in [0.3, 0.4) is 0 Å². The number of piperidine rings is 1. The van der Waals surface area contributed by atoms with Gasteiger partial charge in [-0.3, -0.25) is 15.1 Å². The Kier molecular flexibility index (Phi) is 7.43. The Morgan fingerprint density at radius 2 is 1.93 bits per heavy atom. The van der Waals surface area contributed by atoms with Crippen molar-refractivity contribution in [2.75, 3.05) is 19.6 Å². The molecular formula is C22H29ClN4O. The highest BCUT2D eigenvalue weighted by Crippen LogP contribution is 2.32. The maximum Gasteiger partial charge on any atom is 0.242 e. The van der Waals surface area contributed by atoms with Crippen LogP contribution in [-0.4, -0.2) is 30.5 Å². The smallest absolute Gasteiger partial charge is 0.242 e. The van der Waals surface area contributed by atoms with Gasteiger partial charge in [-0.25, -0.2) is 0 Å². The van der Waals surface area contributed by atoms with E-state index in [0.29, 0.717) is 23.8 Å². The first kappa shape index (κ1) is 20.8. The number of carbonyl (C=O) groups is 1. The summed E-state index contributed by atoms with van der Waals surface area (Å²) in [5, 5.41) is 7.47. The molecule has 2 aromatic rings. The molecule has 5 nitrogen and oxygen atoms in total. The van der Waals surface area contributed by atoms with Crippen LogP contribution in [0, 0.1) is 5.92 Å². The SMILES string of the molecule is NC(=O)C(CCc1ccncc1)(NCCC1CCNCC1)c1ccccc1Cl. The number of amides is 1. The summed E-state index contributed by atoms with van der Waals surface area (Å²) < 4.78 is 0. The van der Waals surface area contributed by atoms with Gasteiger partial charge < -0.3 is 11.1 Å². The lowest BCUT2D eigenvalue weighted by atomic mass is 9.82. The summed E-state index contributed by atoms with van der Waals surface area (Å²) in [4.78, 5) is 16.8. The summed E-state index contributed by atoms with van der Waals surface area (Å²) in [6, 6.07) is 11.4. The molecule has 28 heavy (non-hydrogen) atoms. The van der Waals surface area contributed by atoms with Crippen LogP contribution in [-0.2, 0) is 16.8 Å². The second-order valence-corrected chi connectivity index (χ2v) is 7.92. The summed E-state index contributed by atoms with van der Waals surface area (Å²) in [7, 11) is 0. The number of aryl methyl sites for hydroxylation is 1. The number of carbonyl (C=O) groups excluding carboxylic acids is 1. The molecule has 1 atom stereocenters. The van der Waals surface area contributed by atoms with Gasteiger partial charge in [-0.15, -0.1) is 0 Å². The molecule has 6 heteroatoms. The Labute approximate surface area is 172 Å². The number of nitrogens with two attached hydrogens (primary N) is 1. The number of aromatic nitrogens is 1. The van der Waals surface area contributed by atoms with Gasteiger partial charge >= 0.3 is 0 Å². The first-order valence-corrected chi connectivity index (χ1v) is 10.4. The van der Waals surface area contributed by atoms with Gasteiger partial charge in [-0.1, -0.05) is 29.8 Å². The van der Waals surface area contributed by atoms with Crippen molar-refractivity contribution in [1.82, 2.24) is 15.6 Å². The Balaban J connectivity index is 1.80. The summed E-state index contributed by atoms with van der Waals surface area (Å²) in [6.45, 7) is 2.87. The fourth-order valence-electron chi connectivity index (χ4n) is 4.01. The molecule has 1 aliphatic heterocycles. The van der Waals surface area contributed by atoms with Gasteiger partial charge in [0.1, 0.15) is 5.54 Å². The number of primary amides is 1. The number of rotatable bonds is 9. The van der Waals surface area contributed by atoms with Crippen molar-refractivity contribution in [3.05, 3.63) is 64.9 Å². The molecule has 1 amide bonds. The molecule has 0 radical (unpaired) electrons. The summed E-state index contributed by atoms with van der Waals surface area (Å²) in [5.41, 5.74) is 6.85. The Bertz CT molecular complexity index is 764. The monoisotopic (exact) mass is 400 g/mol. The molecule has 0 bridgehead atoms. The van der Waals surface area contributed by atoms with E-state index in [1.165, 1.54) is 12.8 Å². The summed E-state index contributed by atoms with van der Waals surface area (Å²) in [5.74, 6) is 0.283. The van der Waals surface area contributed by atoms with Crippen molar-refractivity contribution in [2.24, 2.45) is 11.7 Å². The molecule has 150 valence electrons. The van der Waals surface area contributed by atoms with Gasteiger partial charge in [0, 0.05) is 23.0 Å². The van der Waals surface area contributed by atoms with Gasteiger partial charge in [0.2, 0.25) is 5.91 Å². The van der Waals surface area contributed by atoms with Crippen LogP contribution in [0.2, 0.25) is 5.02 Å². The summed E-state index contributed by atoms with van der Waals surface area (Å²) in [6.07, 6.45) is 8.15. The van der Waals surface area contributed by atoms with Crippen LogP contribution in [0.25, 0.3) is 0 Å². The van der Waals surface area contributed by atoms with Gasteiger partial charge in [0.25, 0.3) is 0 Å². The zero-order valence-corrected chi connectivity index (χ0v) is 16.9. The van der Waals surface area contributed by atoms with Crippen molar-refractivity contribution in [3.63, 3.8) is 0 Å². The minimum absolute atomic E-state index is 0.389. The number of pyridine rings is 1. The molecular weight excluding hydrogens is 372 g/mol. The first-order chi connectivity index (χ1) is 13.6. The predicted molar refractivity (Wildman–Crippen MR) is 113 cm³/mol. The third-order valence-corrected chi connectivity index (χ3v) is 6.06. The molecule has 0 aliphatic carbocycles. The van der Waals surface area contributed by atoms with Crippen LogP contribution < -0.4 is 16.4 Å². The highest BCUT2D eigenvalue weighted by Gasteiger charge is 2.39. The minimum Gasteiger partial charge on any atom is -0.368 e. The molecule has 0 spiro atoms. The number of halogens is 1. The highest BCUT2D eigenvalue weighted by atomic mass is 35.5. The number of benzene rings is 1. The van der Waals surface area contributed by atoms with Gasteiger partial charge in [0.15, 0.2) is 0 Å². The normalized spacial score (nSPS) is 17.2. The largest absolute Gasteiger partial charge is 0.368 e. The lowest BCUT2D eigenvalue weighted by Crippen LogP contribution is -2.53. The van der Waals surface area contributed by atoms with Crippen LogP contribution >= 0.6 is 11.6 Å². The molecule has 1 saturated heterocycles. The van der Waals surface area contributed by atoms with Crippen LogP contribution in [0.4, 0.5) is 0 Å². The molecule has 3 rings (SSSR count). The maximum absolute atomic E-state index is 12.8. The third-order valence-electron chi connectivity index (χ3n) is 5.73. The van der Waals surface area contributed by atoms with Crippen molar-refractivity contribution < 1.29 is 4.79 Å². The molecule has 1 aromatic heterocycles. The van der Waals surface area contributed by atoms with Gasteiger partial charge in [-0.05, 0) is 81.4 Å². The van der Waals surface area contributed by atoms with Gasteiger partial charge in [-0.2, -0.15) is 0 Å². The second kappa shape index (κ2) is 10.0. The zero-order valence-electron chi connectivity index (χ0n) is 16.2. The van der Waals surface area contributed by atoms with E-state index in [1.54, 1.807) is 12.4 Å². The van der Waals surface area contributed by atoms with E-state index in [2.05, 4.69) is 15.6 Å². The predicted octanol–water partition coefficient (Wildman–Crippen LogP) is 3.03. The highest BCUT2D eigenvalue weighted by molar-refractivity contribution is 6.31. The van der Waals surface area contributed by atoms with E-state index in [9.17, 15) is 4.79 Å². The van der Waals surface area contributed by atoms with E-state index in [0.717, 1.165) is 37.2 Å². The van der Waals surface area contributed by atoms with E-state index in [-0.39, 0.29) is 5.91 Å². The van der Waals surface area contributed by atoms with E-state index >= 15 is 0 Å². The van der Waals surface area contributed by atoms with Crippen molar-refractivity contribution in [1.29, 1.82) is 0 Å². The second-order valence-electron chi connectivity index (χ2n) is 7.51. The lowest BCUT2D eigenvalue weighted by molar-refractivity contribution is -0.125. The van der Waals surface area contributed by atoms with E-state index in [1.807, 2.05) is 36.4 Å². The maximum atomic E-state index is 12.8. The average molecular weight is 401 g/mol. The molecule has 0 saturated carbocycles. The molecule has 1 aliphatic rings. The number of nitrogens with zero attached hydrogens (tertiary/aromatic N) is 1. The number of hydrogen-bond donors (Lipinski definition) is 3. The molecule has 1 unspecified atom stereocenters. The fourth-order valence-corrected chi connectivity index (χ4v) is 4.31. The van der Waals surface area contributed by atoms with E-state index in [4.69, 9.17) is 17.3 Å². The number of hydrogen-bond acceptors (Lipinski definition) is 4. The molecule has 1 fully saturated rings. The average Bonchev–Trinajstić information content (AvgIpc) is 2.72. The molecule has 1 aromatic carbocycles. The zero-order chi connectivity index (χ0) is 19.8. The van der Waals surface area contributed by atoms with Crippen molar-refractivity contribution in [2.45, 2.75) is 37.6 Å². The first-order valence-electron chi connectivity index (χ1n) is 10.0. The Morgan fingerprint density at radius 3 is 2.61 bits per heavy atom. The Morgan fingerprint density at radius 1 is 1.21 bits per heavy atom. The van der Waals surface area contributed by atoms with Crippen LogP contribution in [0.5, 0.6) is 0 Å². The third kappa shape index (κ3) is 5.10. The van der Waals surface area contributed by atoms with E-state index < -0.39 is 5.54 Å². The van der Waals surface area contributed by atoms with Crippen molar-refractivity contribution >= 4 is 17.5 Å². The van der Waals surface area contributed by atoms with Gasteiger partial charge in [0.05, 0.1) is 0 Å². The molecule has 4 N–H and O–H groups in total. The minimum atomic E-state index is -0.992. The molecule has 2 heterocycles. The van der Waals surface area contributed by atoms with Crippen molar-refractivity contribution in [3.8, 4) is 0 Å². The quantitative estimate of drug-likeness (QED) is 0.604. The summed E-state index contributed by atoms with van der Waals surface area (Å²) >= 11 is 6.50. The standard InChI is InChI=1S/C22H29ClN4O/c23-20-4-2-1-3-19(20)22(21(24)28,11-5-17-6-12-25-13-7-17)27-16-10-18-8-14-26-15-9-18/h1-4,6-7,12-13,18,26-27H,5,8-11,14-16H2,(H2,24,28). The topological polar surface area (TPSA) is 80.0 Å². The fraction of sp³-hybridized carbons (Fsp3) is 0.455.